The van der Waals surface area contributed by atoms with Crippen molar-refractivity contribution in [3.05, 3.63) is 28.8 Å². The van der Waals surface area contributed by atoms with E-state index in [-0.39, 0.29) is 16.8 Å². The van der Waals surface area contributed by atoms with Crippen molar-refractivity contribution in [3.8, 4) is 6.07 Å². The number of rotatable bonds is 1. The second-order valence-electron chi connectivity index (χ2n) is 2.64. The minimum Gasteiger partial charge on any atom is -0.478 e. The van der Waals surface area contributed by atoms with Crippen molar-refractivity contribution in [2.24, 2.45) is 0 Å². The van der Waals surface area contributed by atoms with E-state index >= 15 is 0 Å². The van der Waals surface area contributed by atoms with Gasteiger partial charge in [-0.25, -0.2) is 4.79 Å². The molecular formula is C9H8N2O2. The first-order chi connectivity index (χ1) is 6.07. The molecule has 0 amide bonds. The Morgan fingerprint density at radius 3 is 2.69 bits per heavy atom. The van der Waals surface area contributed by atoms with Gasteiger partial charge in [-0.05, 0) is 18.6 Å². The summed E-state index contributed by atoms with van der Waals surface area (Å²) in [5, 5.41) is 17.4. The maximum absolute atomic E-state index is 10.7. The molecular weight excluding hydrogens is 168 g/mol. The highest BCUT2D eigenvalue weighted by atomic mass is 16.4. The predicted octanol–water partition coefficient (Wildman–Crippen LogP) is 1.15. The number of nitrogens with two attached hydrogens (primary N) is 1. The van der Waals surface area contributed by atoms with Crippen molar-refractivity contribution in [2.75, 3.05) is 5.73 Å². The molecule has 3 N–H and O–H groups in total. The van der Waals surface area contributed by atoms with E-state index in [0.717, 1.165) is 0 Å². The van der Waals surface area contributed by atoms with Gasteiger partial charge in [-0.1, -0.05) is 6.07 Å². The van der Waals surface area contributed by atoms with Gasteiger partial charge in [0.15, 0.2) is 0 Å². The number of carbonyl (C=O) groups is 1. The van der Waals surface area contributed by atoms with E-state index in [1.54, 1.807) is 19.1 Å². The molecule has 0 fully saturated rings. The summed E-state index contributed by atoms with van der Waals surface area (Å²) in [6.45, 7) is 1.70. The Hall–Kier alpha value is -2.02. The summed E-state index contributed by atoms with van der Waals surface area (Å²) in [5.41, 5.74) is 6.33. The van der Waals surface area contributed by atoms with Crippen LogP contribution >= 0.6 is 0 Å². The average molecular weight is 176 g/mol. The first-order valence-electron chi connectivity index (χ1n) is 3.60. The molecule has 0 atom stereocenters. The number of hydrogen-bond donors (Lipinski definition) is 2. The topological polar surface area (TPSA) is 87.1 Å². The Morgan fingerprint density at radius 1 is 1.62 bits per heavy atom. The maximum atomic E-state index is 10.7. The van der Waals surface area contributed by atoms with Crippen molar-refractivity contribution in [1.29, 1.82) is 5.26 Å². The third-order valence-electron chi connectivity index (χ3n) is 1.80. The first kappa shape index (κ1) is 9.07. The molecule has 1 aromatic rings. The van der Waals surface area contributed by atoms with Crippen molar-refractivity contribution >= 4 is 11.7 Å². The van der Waals surface area contributed by atoms with Crippen LogP contribution in [0.15, 0.2) is 12.1 Å². The van der Waals surface area contributed by atoms with Crippen LogP contribution in [0, 0.1) is 18.3 Å². The van der Waals surface area contributed by atoms with Gasteiger partial charge in [-0.15, -0.1) is 0 Å². The number of anilines is 1. The van der Waals surface area contributed by atoms with Crippen molar-refractivity contribution in [2.45, 2.75) is 6.92 Å². The third-order valence-corrected chi connectivity index (χ3v) is 1.80. The third kappa shape index (κ3) is 1.44. The number of carboxylic acids is 1. The molecule has 0 saturated carbocycles. The predicted molar refractivity (Wildman–Crippen MR) is 47.3 cm³/mol. The van der Waals surface area contributed by atoms with Crippen LogP contribution in [0.3, 0.4) is 0 Å². The van der Waals surface area contributed by atoms with Crippen LogP contribution < -0.4 is 5.73 Å². The van der Waals surface area contributed by atoms with Gasteiger partial charge >= 0.3 is 5.97 Å². The molecule has 0 spiro atoms. The van der Waals surface area contributed by atoms with E-state index in [1.165, 1.54) is 6.07 Å². The number of benzene rings is 1. The van der Waals surface area contributed by atoms with E-state index in [9.17, 15) is 4.79 Å². The number of hydrogen-bond acceptors (Lipinski definition) is 3. The quantitative estimate of drug-likeness (QED) is 0.628. The van der Waals surface area contributed by atoms with Gasteiger partial charge in [0.05, 0.1) is 11.3 Å². The van der Waals surface area contributed by atoms with Gasteiger partial charge in [0.2, 0.25) is 0 Å². The number of nitriles is 1. The largest absolute Gasteiger partial charge is 0.478 e. The number of carboxylic acid groups (broad SMARTS) is 1. The van der Waals surface area contributed by atoms with Gasteiger partial charge < -0.3 is 10.8 Å². The number of aryl methyl sites for hydroxylation is 1. The summed E-state index contributed by atoms with van der Waals surface area (Å²) in [6.07, 6.45) is 0. The molecule has 1 rings (SSSR count). The Labute approximate surface area is 75.2 Å². The number of nitrogen functional groups attached to an aromatic ring is 1. The van der Waals surface area contributed by atoms with Gasteiger partial charge in [-0.3, -0.25) is 0 Å². The molecule has 66 valence electrons. The molecule has 4 heteroatoms. The highest BCUT2D eigenvalue weighted by Gasteiger charge is 2.14. The van der Waals surface area contributed by atoms with Gasteiger partial charge in [-0.2, -0.15) is 5.26 Å². The molecule has 0 aliphatic carbocycles. The summed E-state index contributed by atoms with van der Waals surface area (Å²) in [4.78, 5) is 10.7. The molecule has 1 aromatic carbocycles. The van der Waals surface area contributed by atoms with E-state index in [4.69, 9.17) is 16.1 Å². The van der Waals surface area contributed by atoms with Crippen LogP contribution in [0.5, 0.6) is 0 Å². The van der Waals surface area contributed by atoms with E-state index in [1.807, 2.05) is 0 Å². The Morgan fingerprint density at radius 2 is 2.23 bits per heavy atom. The molecule has 4 nitrogen and oxygen atoms in total. The highest BCUT2D eigenvalue weighted by Crippen LogP contribution is 2.20. The van der Waals surface area contributed by atoms with Crippen molar-refractivity contribution < 1.29 is 9.90 Å². The lowest BCUT2D eigenvalue weighted by molar-refractivity contribution is 0.0697. The van der Waals surface area contributed by atoms with E-state index < -0.39 is 5.97 Å². The summed E-state index contributed by atoms with van der Waals surface area (Å²) in [6, 6.07) is 4.86. The lowest BCUT2D eigenvalue weighted by Gasteiger charge is -2.05. The van der Waals surface area contributed by atoms with Crippen LogP contribution in [0.2, 0.25) is 0 Å². The molecule has 0 heterocycles. The summed E-state index contributed by atoms with van der Waals surface area (Å²) in [7, 11) is 0. The Balaban J connectivity index is 3.53. The fourth-order valence-corrected chi connectivity index (χ4v) is 1.05. The SMILES string of the molecule is Cc1ccc(C#N)c(C(=O)O)c1N. The molecule has 0 radical (unpaired) electrons. The van der Waals surface area contributed by atoms with E-state index in [2.05, 4.69) is 0 Å². The maximum Gasteiger partial charge on any atom is 0.339 e. The lowest BCUT2D eigenvalue weighted by Crippen LogP contribution is -2.06. The highest BCUT2D eigenvalue weighted by molar-refractivity contribution is 5.97. The second kappa shape index (κ2) is 3.15. The summed E-state index contributed by atoms with van der Waals surface area (Å²) >= 11 is 0. The normalized spacial score (nSPS) is 9.23. The molecule has 0 saturated heterocycles. The Bertz CT molecular complexity index is 405. The summed E-state index contributed by atoms with van der Waals surface area (Å²) in [5.74, 6) is -1.17. The minimum absolute atomic E-state index is 0.0931. The molecule has 0 aliphatic heterocycles. The number of nitrogens with zero attached hydrogens (tertiary/aromatic N) is 1. The molecule has 0 aromatic heterocycles. The minimum atomic E-state index is -1.17. The monoisotopic (exact) mass is 176 g/mol. The van der Waals surface area contributed by atoms with Crippen LogP contribution in [-0.4, -0.2) is 11.1 Å². The van der Waals surface area contributed by atoms with Gasteiger partial charge in [0.25, 0.3) is 0 Å². The zero-order valence-electron chi connectivity index (χ0n) is 7.03. The van der Waals surface area contributed by atoms with Crippen LogP contribution in [0.4, 0.5) is 5.69 Å². The standard InChI is InChI=1S/C9H8N2O2/c1-5-2-3-6(4-10)7(8(5)11)9(12)13/h2-3H,11H2,1H3,(H,12,13). The first-order valence-corrected chi connectivity index (χ1v) is 3.60. The molecule has 13 heavy (non-hydrogen) atoms. The van der Waals surface area contributed by atoms with E-state index in [0.29, 0.717) is 5.56 Å². The molecule has 0 aliphatic rings. The van der Waals surface area contributed by atoms with Crippen LogP contribution in [0.1, 0.15) is 21.5 Å². The number of aromatic carboxylic acids is 1. The zero-order valence-corrected chi connectivity index (χ0v) is 7.03. The zero-order chi connectivity index (χ0) is 10.0. The lowest BCUT2D eigenvalue weighted by atomic mass is 10.0. The average Bonchev–Trinajstić information content (AvgIpc) is 2.08. The molecule has 0 bridgehead atoms. The van der Waals surface area contributed by atoms with Gasteiger partial charge in [0, 0.05) is 0 Å². The smallest absolute Gasteiger partial charge is 0.339 e. The van der Waals surface area contributed by atoms with Crippen molar-refractivity contribution in [1.82, 2.24) is 0 Å². The van der Waals surface area contributed by atoms with Crippen LogP contribution in [0.25, 0.3) is 0 Å². The summed E-state index contributed by atoms with van der Waals surface area (Å²) < 4.78 is 0. The fraction of sp³-hybridized carbons (Fsp3) is 0.111. The van der Waals surface area contributed by atoms with Crippen molar-refractivity contribution in [3.63, 3.8) is 0 Å². The van der Waals surface area contributed by atoms with Crippen LogP contribution in [-0.2, 0) is 0 Å². The molecule has 0 unspecified atom stereocenters. The second-order valence-corrected chi connectivity index (χ2v) is 2.64. The Kier molecular flexibility index (Phi) is 2.20. The van der Waals surface area contributed by atoms with Gasteiger partial charge in [0.1, 0.15) is 11.6 Å². The fourth-order valence-electron chi connectivity index (χ4n) is 1.05.